The highest BCUT2D eigenvalue weighted by Gasteiger charge is 2.19. The third-order valence-corrected chi connectivity index (χ3v) is 3.49. The lowest BCUT2D eigenvalue weighted by Gasteiger charge is -2.24. The second kappa shape index (κ2) is 5.51. The zero-order chi connectivity index (χ0) is 13.9. The van der Waals surface area contributed by atoms with Crippen molar-refractivity contribution in [3.8, 4) is 5.75 Å². The summed E-state index contributed by atoms with van der Waals surface area (Å²) in [6, 6.07) is 10.0. The first-order chi connectivity index (χ1) is 9.79. The summed E-state index contributed by atoms with van der Waals surface area (Å²) in [6.07, 6.45) is 2.69. The molecule has 1 aromatic heterocycles. The van der Waals surface area contributed by atoms with Gasteiger partial charge in [-0.05, 0) is 42.7 Å². The Balaban J connectivity index is 2.05. The molecule has 0 aliphatic carbocycles. The molecule has 0 saturated carbocycles. The Bertz CT molecular complexity index is 613. The Morgan fingerprint density at radius 2 is 2.20 bits per heavy atom. The number of fused-ring (bicyclic) bond motifs is 1. The molecule has 1 aliphatic heterocycles. The largest absolute Gasteiger partial charge is 0.491 e. The standard InChI is InChI=1S/C16H18N2O2/c1-12-9-13(11-19)10-17-16(12)18-7-4-8-20-15-6-3-2-5-14(15)18/h2-3,5-6,9-10,19H,4,7-8,11H2,1H3. The fourth-order valence-corrected chi connectivity index (χ4v) is 2.54. The van der Waals surface area contributed by atoms with E-state index in [4.69, 9.17) is 4.74 Å². The molecule has 0 saturated heterocycles. The monoisotopic (exact) mass is 270 g/mol. The minimum atomic E-state index is 0.0216. The van der Waals surface area contributed by atoms with Gasteiger partial charge in [-0.3, -0.25) is 0 Å². The van der Waals surface area contributed by atoms with E-state index in [2.05, 4.69) is 16.0 Å². The molecule has 1 N–H and O–H groups in total. The van der Waals surface area contributed by atoms with E-state index in [0.717, 1.165) is 48.0 Å². The molecule has 0 spiro atoms. The topological polar surface area (TPSA) is 45.6 Å². The first-order valence-electron chi connectivity index (χ1n) is 6.85. The molecular formula is C16H18N2O2. The van der Waals surface area contributed by atoms with Gasteiger partial charge in [-0.15, -0.1) is 0 Å². The van der Waals surface area contributed by atoms with Gasteiger partial charge in [-0.1, -0.05) is 12.1 Å². The lowest BCUT2D eigenvalue weighted by Crippen LogP contribution is -2.20. The third-order valence-electron chi connectivity index (χ3n) is 3.49. The quantitative estimate of drug-likeness (QED) is 0.911. The molecule has 1 aromatic carbocycles. The zero-order valence-electron chi connectivity index (χ0n) is 11.5. The molecule has 0 fully saturated rings. The number of ether oxygens (including phenoxy) is 1. The maximum atomic E-state index is 9.19. The molecular weight excluding hydrogens is 252 g/mol. The summed E-state index contributed by atoms with van der Waals surface area (Å²) in [6.45, 7) is 3.65. The van der Waals surface area contributed by atoms with Crippen LogP contribution in [-0.4, -0.2) is 23.2 Å². The van der Waals surface area contributed by atoms with Crippen molar-refractivity contribution in [3.05, 3.63) is 47.7 Å². The van der Waals surface area contributed by atoms with E-state index in [1.54, 1.807) is 6.20 Å². The van der Waals surface area contributed by atoms with Crippen LogP contribution < -0.4 is 9.64 Å². The number of aromatic nitrogens is 1. The fourth-order valence-electron chi connectivity index (χ4n) is 2.54. The molecule has 4 nitrogen and oxygen atoms in total. The van der Waals surface area contributed by atoms with Crippen LogP contribution in [0.3, 0.4) is 0 Å². The van der Waals surface area contributed by atoms with Gasteiger partial charge < -0.3 is 14.7 Å². The third kappa shape index (κ3) is 2.34. The number of aliphatic hydroxyl groups excluding tert-OH is 1. The number of anilines is 2. The Kier molecular flexibility index (Phi) is 3.56. The maximum absolute atomic E-state index is 9.19. The number of aliphatic hydroxyl groups is 1. The van der Waals surface area contributed by atoms with Gasteiger partial charge in [-0.25, -0.2) is 4.98 Å². The zero-order valence-corrected chi connectivity index (χ0v) is 11.5. The van der Waals surface area contributed by atoms with Crippen LogP contribution in [0, 0.1) is 6.92 Å². The maximum Gasteiger partial charge on any atom is 0.142 e. The summed E-state index contributed by atoms with van der Waals surface area (Å²) in [4.78, 5) is 6.72. The minimum absolute atomic E-state index is 0.0216. The van der Waals surface area contributed by atoms with E-state index in [0.29, 0.717) is 0 Å². The van der Waals surface area contributed by atoms with Crippen molar-refractivity contribution in [2.24, 2.45) is 0 Å². The first kappa shape index (κ1) is 12.9. The Morgan fingerprint density at radius 1 is 1.35 bits per heavy atom. The average molecular weight is 270 g/mol. The van der Waals surface area contributed by atoms with E-state index in [1.807, 2.05) is 31.2 Å². The van der Waals surface area contributed by atoms with Gasteiger partial charge in [0, 0.05) is 12.7 Å². The summed E-state index contributed by atoms with van der Waals surface area (Å²) in [5, 5.41) is 9.19. The Morgan fingerprint density at radius 3 is 3.00 bits per heavy atom. The molecule has 0 unspecified atom stereocenters. The van der Waals surface area contributed by atoms with Crippen molar-refractivity contribution in [2.45, 2.75) is 20.0 Å². The van der Waals surface area contributed by atoms with Gasteiger partial charge in [0.25, 0.3) is 0 Å². The van der Waals surface area contributed by atoms with Crippen molar-refractivity contribution in [1.82, 2.24) is 4.98 Å². The number of rotatable bonds is 2. The van der Waals surface area contributed by atoms with Crippen LogP contribution in [0.1, 0.15) is 17.5 Å². The van der Waals surface area contributed by atoms with Crippen molar-refractivity contribution in [3.63, 3.8) is 0 Å². The number of hydrogen-bond donors (Lipinski definition) is 1. The highest BCUT2D eigenvalue weighted by atomic mass is 16.5. The Labute approximate surface area is 118 Å². The first-order valence-corrected chi connectivity index (χ1v) is 6.85. The highest BCUT2D eigenvalue weighted by Crippen LogP contribution is 2.36. The van der Waals surface area contributed by atoms with E-state index < -0.39 is 0 Å². The average Bonchev–Trinajstić information content (AvgIpc) is 2.69. The molecule has 0 atom stereocenters. The molecule has 0 radical (unpaired) electrons. The van der Waals surface area contributed by atoms with Gasteiger partial charge in [-0.2, -0.15) is 0 Å². The number of nitrogens with zero attached hydrogens (tertiary/aromatic N) is 2. The second-order valence-electron chi connectivity index (χ2n) is 4.96. The minimum Gasteiger partial charge on any atom is -0.491 e. The van der Waals surface area contributed by atoms with Crippen LogP contribution in [0.25, 0.3) is 0 Å². The molecule has 0 amide bonds. The number of hydrogen-bond acceptors (Lipinski definition) is 4. The van der Waals surface area contributed by atoms with Gasteiger partial charge in [0.15, 0.2) is 0 Å². The summed E-state index contributed by atoms with van der Waals surface area (Å²) < 4.78 is 5.78. The van der Waals surface area contributed by atoms with Crippen LogP contribution in [0.5, 0.6) is 5.75 Å². The Hall–Kier alpha value is -2.07. The van der Waals surface area contributed by atoms with Crippen LogP contribution in [0.15, 0.2) is 36.5 Å². The fraction of sp³-hybridized carbons (Fsp3) is 0.312. The van der Waals surface area contributed by atoms with Crippen molar-refractivity contribution < 1.29 is 9.84 Å². The van der Waals surface area contributed by atoms with Crippen molar-refractivity contribution >= 4 is 11.5 Å². The van der Waals surface area contributed by atoms with Crippen LogP contribution in [-0.2, 0) is 6.61 Å². The molecule has 4 heteroatoms. The van der Waals surface area contributed by atoms with Crippen LogP contribution in [0.2, 0.25) is 0 Å². The molecule has 3 rings (SSSR count). The molecule has 1 aliphatic rings. The lowest BCUT2D eigenvalue weighted by atomic mass is 10.2. The van der Waals surface area contributed by atoms with Crippen molar-refractivity contribution in [2.75, 3.05) is 18.1 Å². The van der Waals surface area contributed by atoms with Gasteiger partial charge in [0.1, 0.15) is 11.6 Å². The number of aryl methyl sites for hydroxylation is 1. The van der Waals surface area contributed by atoms with Crippen LogP contribution in [0.4, 0.5) is 11.5 Å². The van der Waals surface area contributed by atoms with Gasteiger partial charge >= 0.3 is 0 Å². The van der Waals surface area contributed by atoms with E-state index >= 15 is 0 Å². The number of para-hydroxylation sites is 2. The van der Waals surface area contributed by atoms with E-state index in [9.17, 15) is 5.11 Å². The number of pyridine rings is 1. The van der Waals surface area contributed by atoms with Gasteiger partial charge in [0.2, 0.25) is 0 Å². The predicted octanol–water partition coefficient (Wildman–Crippen LogP) is 2.80. The van der Waals surface area contributed by atoms with Crippen LogP contribution >= 0.6 is 0 Å². The predicted molar refractivity (Wildman–Crippen MR) is 78.5 cm³/mol. The SMILES string of the molecule is Cc1cc(CO)cnc1N1CCCOc2ccccc21. The summed E-state index contributed by atoms with van der Waals surface area (Å²) in [7, 11) is 0. The summed E-state index contributed by atoms with van der Waals surface area (Å²) in [5.41, 5.74) is 2.95. The van der Waals surface area contributed by atoms with E-state index in [-0.39, 0.29) is 6.61 Å². The smallest absolute Gasteiger partial charge is 0.142 e. The molecule has 0 bridgehead atoms. The molecule has 2 heterocycles. The summed E-state index contributed by atoms with van der Waals surface area (Å²) in [5.74, 6) is 1.83. The lowest BCUT2D eigenvalue weighted by molar-refractivity contribution is 0.281. The normalized spacial score (nSPS) is 14.4. The molecule has 104 valence electrons. The highest BCUT2D eigenvalue weighted by molar-refractivity contribution is 5.69. The molecule has 20 heavy (non-hydrogen) atoms. The van der Waals surface area contributed by atoms with Crippen molar-refractivity contribution in [1.29, 1.82) is 0 Å². The van der Waals surface area contributed by atoms with E-state index in [1.165, 1.54) is 0 Å². The molecule has 2 aromatic rings. The number of benzene rings is 1. The van der Waals surface area contributed by atoms with Gasteiger partial charge in [0.05, 0.1) is 18.9 Å². The second-order valence-corrected chi connectivity index (χ2v) is 4.96. The summed E-state index contributed by atoms with van der Waals surface area (Å²) >= 11 is 0.